The fraction of sp³-hybridized carbons (Fsp3) is 0.560. The number of esters is 1. The van der Waals surface area contributed by atoms with Crippen molar-refractivity contribution in [1.82, 2.24) is 15.1 Å². The summed E-state index contributed by atoms with van der Waals surface area (Å²) in [7, 11) is -4.37. The lowest BCUT2D eigenvalue weighted by molar-refractivity contribution is -0.153. The molecular weight excluding hydrogens is 522 g/mol. The minimum Gasteiger partial charge on any atom is -0.486 e. The normalized spacial score (nSPS) is 16.2. The first kappa shape index (κ1) is 29.3. The molecule has 0 aliphatic carbocycles. The van der Waals surface area contributed by atoms with Crippen molar-refractivity contribution in [3.05, 3.63) is 35.7 Å². The zero-order valence-corrected chi connectivity index (χ0v) is 23.4. The van der Waals surface area contributed by atoms with Crippen LogP contribution in [0, 0.1) is 6.92 Å². The van der Waals surface area contributed by atoms with Crippen molar-refractivity contribution in [3.63, 3.8) is 0 Å². The Morgan fingerprint density at radius 1 is 1.24 bits per heavy atom. The van der Waals surface area contributed by atoms with Gasteiger partial charge in [0.05, 0.1) is 30.5 Å². The maximum atomic E-state index is 13.8. The molecule has 0 saturated heterocycles. The molecule has 210 valence electrons. The molecule has 1 aromatic heterocycles. The number of fused-ring (bicyclic) bond motifs is 1. The number of aryl methyl sites for hydroxylation is 1. The largest absolute Gasteiger partial charge is 0.486 e. The van der Waals surface area contributed by atoms with E-state index in [2.05, 4.69) is 10.4 Å². The predicted octanol–water partition coefficient (Wildman–Crippen LogP) is 3.73. The van der Waals surface area contributed by atoms with Crippen LogP contribution in [0.3, 0.4) is 0 Å². The number of rotatable bonds is 8. The summed E-state index contributed by atoms with van der Waals surface area (Å²) < 4.78 is 67.0. The number of hydrogen-bond donors (Lipinski definition) is 1. The van der Waals surface area contributed by atoms with Gasteiger partial charge in [0.2, 0.25) is 5.91 Å². The average Bonchev–Trinajstić information content (AvgIpc) is 3.13. The summed E-state index contributed by atoms with van der Waals surface area (Å²) in [6.45, 7) is 8.34. The molecule has 0 radical (unpaired) electrons. The molecule has 2 heterocycles. The van der Waals surface area contributed by atoms with Gasteiger partial charge in [-0.25, -0.2) is 13.1 Å². The minimum absolute atomic E-state index is 0.0848. The Hall–Kier alpha value is -3.22. The predicted molar refractivity (Wildman–Crippen MR) is 136 cm³/mol. The van der Waals surface area contributed by atoms with Crippen LogP contribution >= 0.6 is 0 Å². The summed E-state index contributed by atoms with van der Waals surface area (Å²) in [5.41, 5.74) is -0.863. The number of aromatic nitrogens is 2. The Balaban J connectivity index is 2.04. The van der Waals surface area contributed by atoms with Gasteiger partial charge in [0.1, 0.15) is 22.4 Å². The van der Waals surface area contributed by atoms with Crippen LogP contribution in [0.1, 0.15) is 65.8 Å². The fourth-order valence-corrected chi connectivity index (χ4v) is 6.04. The van der Waals surface area contributed by atoms with E-state index in [-0.39, 0.29) is 47.3 Å². The molecule has 1 aromatic carbocycles. The van der Waals surface area contributed by atoms with Crippen LogP contribution in [0.4, 0.5) is 14.5 Å². The highest BCUT2D eigenvalue weighted by molar-refractivity contribution is 7.92. The molecular formula is C25H34F2N4O6S. The van der Waals surface area contributed by atoms with E-state index >= 15 is 0 Å². The number of nitrogens with zero attached hydrogens (tertiary/aromatic N) is 3. The number of carbonyl (C=O) groups excluding carboxylic acids is 2. The summed E-state index contributed by atoms with van der Waals surface area (Å²) in [5, 5.41) is 6.47. The van der Waals surface area contributed by atoms with Crippen molar-refractivity contribution >= 4 is 27.6 Å². The summed E-state index contributed by atoms with van der Waals surface area (Å²) in [6, 6.07) is 4.71. The topological polar surface area (TPSA) is 120 Å². The molecule has 3 rings (SSSR count). The van der Waals surface area contributed by atoms with E-state index in [9.17, 15) is 26.8 Å². The second-order valence-electron chi connectivity index (χ2n) is 10.9. The Morgan fingerprint density at radius 2 is 1.89 bits per heavy atom. The van der Waals surface area contributed by atoms with Crippen LogP contribution in [0.25, 0.3) is 0 Å². The first-order valence-corrected chi connectivity index (χ1v) is 13.5. The molecule has 1 amide bonds. The molecule has 1 N–H and O–H groups in total. The van der Waals surface area contributed by atoms with Crippen molar-refractivity contribution in [2.75, 3.05) is 10.8 Å². The standard InChI is InChI=1S/C25H34F2N4O6S/c1-15-21(14-30(29-15)23(26)27)38(34,35)31-13-18(12-25(6,7)28-16(2)32)36-20-9-8-17(10-19(20)31)11-22(33)37-24(3,4)5/h8-10,14,18,23H,11-13H2,1-7H3,(H,28,32)/t18-/m0/s1. The van der Waals surface area contributed by atoms with Gasteiger partial charge >= 0.3 is 12.5 Å². The van der Waals surface area contributed by atoms with Crippen LogP contribution in [0.5, 0.6) is 5.75 Å². The highest BCUT2D eigenvalue weighted by atomic mass is 32.2. The molecule has 10 nitrogen and oxygen atoms in total. The molecule has 1 atom stereocenters. The molecule has 0 saturated carbocycles. The molecule has 0 bridgehead atoms. The van der Waals surface area contributed by atoms with Crippen LogP contribution < -0.4 is 14.4 Å². The number of nitrogens with one attached hydrogen (secondary N) is 1. The minimum atomic E-state index is -4.37. The van der Waals surface area contributed by atoms with Crippen molar-refractivity contribution in [2.24, 2.45) is 0 Å². The van der Waals surface area contributed by atoms with E-state index in [1.54, 1.807) is 46.8 Å². The SMILES string of the molecule is CC(=O)NC(C)(C)C[C@H]1CN(S(=O)(=O)c2cn(C(F)F)nc2C)c2cc(CC(=O)OC(C)(C)C)ccc2O1. The van der Waals surface area contributed by atoms with Crippen molar-refractivity contribution < 1.29 is 36.3 Å². The van der Waals surface area contributed by atoms with Crippen molar-refractivity contribution in [2.45, 2.75) is 90.0 Å². The first-order valence-electron chi connectivity index (χ1n) is 12.0. The van der Waals surface area contributed by atoms with Crippen LogP contribution in [0.15, 0.2) is 29.3 Å². The lowest BCUT2D eigenvalue weighted by atomic mass is 9.95. The highest BCUT2D eigenvalue weighted by Crippen LogP contribution is 2.40. The molecule has 0 unspecified atom stereocenters. The number of carbonyl (C=O) groups is 2. The summed E-state index contributed by atoms with van der Waals surface area (Å²) in [4.78, 5) is 23.7. The second kappa shape index (κ2) is 10.5. The number of amides is 1. The Bertz CT molecular complexity index is 1320. The lowest BCUT2D eigenvalue weighted by Gasteiger charge is -2.38. The number of sulfonamides is 1. The molecule has 1 aliphatic heterocycles. The van der Waals surface area contributed by atoms with Crippen LogP contribution in [0.2, 0.25) is 0 Å². The summed E-state index contributed by atoms with van der Waals surface area (Å²) >= 11 is 0. The maximum absolute atomic E-state index is 13.8. The Labute approximate surface area is 221 Å². The van der Waals surface area contributed by atoms with Gasteiger partial charge in [0, 0.05) is 18.9 Å². The summed E-state index contributed by atoms with van der Waals surface area (Å²) in [5.74, 6) is -0.514. The van der Waals surface area contributed by atoms with Gasteiger partial charge < -0.3 is 14.8 Å². The zero-order valence-electron chi connectivity index (χ0n) is 22.5. The third kappa shape index (κ3) is 7.00. The van der Waals surface area contributed by atoms with Gasteiger partial charge in [-0.1, -0.05) is 6.07 Å². The molecule has 13 heteroatoms. The van der Waals surface area contributed by atoms with E-state index in [4.69, 9.17) is 9.47 Å². The fourth-order valence-electron chi connectivity index (χ4n) is 4.38. The highest BCUT2D eigenvalue weighted by Gasteiger charge is 2.39. The third-order valence-corrected chi connectivity index (χ3v) is 7.50. The van der Waals surface area contributed by atoms with Gasteiger partial charge in [-0.15, -0.1) is 0 Å². The maximum Gasteiger partial charge on any atom is 0.333 e. The van der Waals surface area contributed by atoms with E-state index in [0.29, 0.717) is 10.2 Å². The molecule has 1 aliphatic rings. The molecule has 0 fully saturated rings. The van der Waals surface area contributed by atoms with E-state index in [0.717, 1.165) is 10.5 Å². The van der Waals surface area contributed by atoms with Gasteiger partial charge in [-0.05, 0) is 59.2 Å². The van der Waals surface area contributed by atoms with E-state index < -0.39 is 39.8 Å². The number of benzene rings is 1. The van der Waals surface area contributed by atoms with Crippen molar-refractivity contribution in [1.29, 1.82) is 0 Å². The Morgan fingerprint density at radius 3 is 2.45 bits per heavy atom. The van der Waals surface area contributed by atoms with Gasteiger partial charge in [-0.3, -0.25) is 13.9 Å². The molecule has 2 aromatic rings. The smallest absolute Gasteiger partial charge is 0.333 e. The zero-order chi connectivity index (χ0) is 28.6. The van der Waals surface area contributed by atoms with E-state index in [1.807, 2.05) is 0 Å². The lowest BCUT2D eigenvalue weighted by Crippen LogP contribution is -2.50. The Kier molecular flexibility index (Phi) is 8.11. The third-order valence-electron chi connectivity index (χ3n) is 5.62. The monoisotopic (exact) mass is 556 g/mol. The van der Waals surface area contributed by atoms with Gasteiger partial charge in [0.15, 0.2) is 0 Å². The molecule has 0 spiro atoms. The number of alkyl halides is 2. The van der Waals surface area contributed by atoms with E-state index in [1.165, 1.54) is 19.9 Å². The van der Waals surface area contributed by atoms with Gasteiger partial charge in [0.25, 0.3) is 10.0 Å². The second-order valence-corrected chi connectivity index (χ2v) is 12.8. The number of hydrogen-bond acceptors (Lipinski definition) is 7. The quantitative estimate of drug-likeness (QED) is 0.492. The first-order chi connectivity index (χ1) is 17.4. The number of ether oxygens (including phenoxy) is 2. The van der Waals surface area contributed by atoms with Crippen molar-refractivity contribution in [3.8, 4) is 5.75 Å². The molecule has 38 heavy (non-hydrogen) atoms. The van der Waals surface area contributed by atoms with Gasteiger partial charge in [-0.2, -0.15) is 13.9 Å². The van der Waals surface area contributed by atoms with Crippen LogP contribution in [-0.4, -0.2) is 53.9 Å². The number of halogens is 2. The van der Waals surface area contributed by atoms with Crippen LogP contribution in [-0.2, 0) is 30.8 Å². The summed E-state index contributed by atoms with van der Waals surface area (Å²) in [6.07, 6.45) is 0.263. The number of anilines is 1. The average molecular weight is 557 g/mol.